The van der Waals surface area contributed by atoms with Crippen LogP contribution in [0.2, 0.25) is 5.02 Å². The first-order valence-corrected chi connectivity index (χ1v) is 10.6. The Morgan fingerprint density at radius 2 is 2.04 bits per heavy atom. The lowest BCUT2D eigenvalue weighted by Crippen LogP contribution is -2.12. The third-order valence-electron chi connectivity index (χ3n) is 3.81. The molecule has 0 saturated carbocycles. The molecule has 4 nitrogen and oxygen atoms in total. The molecule has 0 bridgehead atoms. The molecule has 3 aromatic rings. The van der Waals surface area contributed by atoms with Crippen molar-refractivity contribution >= 4 is 39.3 Å². The number of benzene rings is 2. The summed E-state index contributed by atoms with van der Waals surface area (Å²) in [6.45, 7) is 6.42. The van der Waals surface area contributed by atoms with Gasteiger partial charge in [0.05, 0.1) is 0 Å². The van der Waals surface area contributed by atoms with Crippen LogP contribution in [-0.4, -0.2) is 14.8 Å². The zero-order valence-electron chi connectivity index (χ0n) is 14.8. The quantitative estimate of drug-likeness (QED) is 0.289. The van der Waals surface area contributed by atoms with E-state index in [1.807, 2.05) is 47.9 Å². The van der Waals surface area contributed by atoms with Crippen LogP contribution in [0.1, 0.15) is 24.4 Å². The molecule has 1 heterocycles. The zero-order chi connectivity index (χ0) is 19.2. The Balaban J connectivity index is 1.75. The van der Waals surface area contributed by atoms with Gasteiger partial charge in [-0.2, -0.15) is 0 Å². The second-order valence-electron chi connectivity index (χ2n) is 5.87. The van der Waals surface area contributed by atoms with E-state index in [0.29, 0.717) is 17.3 Å². The molecule has 0 aliphatic heterocycles. The van der Waals surface area contributed by atoms with Crippen molar-refractivity contribution in [2.24, 2.45) is 0 Å². The first-order valence-electron chi connectivity index (χ1n) is 8.40. The second kappa shape index (κ2) is 9.44. The Hall–Kier alpha value is -1.76. The molecule has 3 rings (SSSR count). The molecule has 0 fully saturated rings. The summed E-state index contributed by atoms with van der Waals surface area (Å²) in [4.78, 5) is 0. The molecule has 1 unspecified atom stereocenters. The Morgan fingerprint density at radius 3 is 2.74 bits per heavy atom. The Kier molecular flexibility index (Phi) is 6.99. The minimum Gasteiger partial charge on any atom is -0.483 e. The van der Waals surface area contributed by atoms with E-state index < -0.39 is 0 Å². The fraction of sp³-hybridized carbons (Fsp3) is 0.200. The molecule has 2 aromatic carbocycles. The highest BCUT2D eigenvalue weighted by atomic mass is 79.9. The number of nitrogens with zero attached hydrogens (tertiary/aromatic N) is 3. The average molecular weight is 465 g/mol. The number of hydrogen-bond donors (Lipinski definition) is 0. The number of ether oxygens (including phenoxy) is 1. The smallest absolute Gasteiger partial charge is 0.191 e. The average Bonchev–Trinajstić information content (AvgIpc) is 3.04. The van der Waals surface area contributed by atoms with E-state index in [1.165, 1.54) is 5.56 Å². The summed E-state index contributed by atoms with van der Waals surface area (Å²) >= 11 is 11.1. The van der Waals surface area contributed by atoms with E-state index >= 15 is 0 Å². The van der Waals surface area contributed by atoms with Crippen LogP contribution in [0, 0.1) is 0 Å². The minimum atomic E-state index is -0.266. The summed E-state index contributed by atoms with van der Waals surface area (Å²) in [7, 11) is 0. The highest BCUT2D eigenvalue weighted by Crippen LogP contribution is 2.28. The number of thioether (sulfide) groups is 1. The second-order valence-corrected chi connectivity index (χ2v) is 8.17. The van der Waals surface area contributed by atoms with Gasteiger partial charge in [0.2, 0.25) is 0 Å². The molecule has 1 aromatic heterocycles. The van der Waals surface area contributed by atoms with Crippen LogP contribution in [-0.2, 0) is 12.3 Å². The largest absolute Gasteiger partial charge is 0.483 e. The predicted octanol–water partition coefficient (Wildman–Crippen LogP) is 6.31. The van der Waals surface area contributed by atoms with Crippen LogP contribution < -0.4 is 4.74 Å². The normalized spacial score (nSPS) is 12.0. The SMILES string of the molecule is C=CCn1c(SCc2ccc(Br)cc2)nnc1C(C)Oc1cccc(Cl)c1. The monoisotopic (exact) mass is 463 g/mol. The highest BCUT2D eigenvalue weighted by molar-refractivity contribution is 9.10. The van der Waals surface area contributed by atoms with Gasteiger partial charge < -0.3 is 4.74 Å². The van der Waals surface area contributed by atoms with E-state index in [0.717, 1.165) is 21.2 Å². The molecule has 0 saturated heterocycles. The van der Waals surface area contributed by atoms with Crippen molar-refractivity contribution in [2.75, 3.05) is 0 Å². The van der Waals surface area contributed by atoms with Crippen LogP contribution in [0.5, 0.6) is 5.75 Å². The summed E-state index contributed by atoms with van der Waals surface area (Å²) in [5.41, 5.74) is 1.22. The van der Waals surface area contributed by atoms with E-state index in [4.69, 9.17) is 16.3 Å². The third kappa shape index (κ3) is 5.37. The lowest BCUT2D eigenvalue weighted by atomic mass is 10.2. The molecule has 0 amide bonds. The summed E-state index contributed by atoms with van der Waals surface area (Å²) in [6, 6.07) is 15.6. The van der Waals surface area contributed by atoms with E-state index in [2.05, 4.69) is 44.8 Å². The zero-order valence-corrected chi connectivity index (χ0v) is 18.0. The summed E-state index contributed by atoms with van der Waals surface area (Å²) in [5, 5.41) is 10.2. The number of rotatable bonds is 8. The van der Waals surface area contributed by atoms with Crippen molar-refractivity contribution in [2.45, 2.75) is 30.5 Å². The van der Waals surface area contributed by atoms with Crippen LogP contribution in [0.25, 0.3) is 0 Å². The van der Waals surface area contributed by atoms with Crippen LogP contribution in [0.4, 0.5) is 0 Å². The molecular formula is C20H19BrClN3OS. The lowest BCUT2D eigenvalue weighted by molar-refractivity contribution is 0.210. The molecule has 0 radical (unpaired) electrons. The molecule has 0 aliphatic rings. The van der Waals surface area contributed by atoms with Crippen LogP contribution in [0.15, 0.2) is 70.8 Å². The topological polar surface area (TPSA) is 39.9 Å². The van der Waals surface area contributed by atoms with E-state index in [1.54, 1.807) is 17.8 Å². The summed E-state index contributed by atoms with van der Waals surface area (Å²) in [6.07, 6.45) is 1.57. The van der Waals surface area contributed by atoms with Crippen molar-refractivity contribution < 1.29 is 4.74 Å². The van der Waals surface area contributed by atoms with Crippen molar-refractivity contribution in [3.05, 3.63) is 82.1 Å². The van der Waals surface area contributed by atoms with Crippen molar-refractivity contribution in [1.82, 2.24) is 14.8 Å². The van der Waals surface area contributed by atoms with Gasteiger partial charge in [0.25, 0.3) is 0 Å². The maximum absolute atomic E-state index is 6.04. The molecular weight excluding hydrogens is 446 g/mol. The number of aromatic nitrogens is 3. The maximum atomic E-state index is 6.04. The Labute approximate surface area is 176 Å². The van der Waals surface area contributed by atoms with E-state index in [9.17, 15) is 0 Å². The Morgan fingerprint density at radius 1 is 1.26 bits per heavy atom. The molecule has 0 N–H and O–H groups in total. The third-order valence-corrected chi connectivity index (χ3v) is 5.61. The van der Waals surface area contributed by atoms with Gasteiger partial charge in [-0.3, -0.25) is 4.57 Å². The number of hydrogen-bond acceptors (Lipinski definition) is 4. The first-order chi connectivity index (χ1) is 13.1. The van der Waals surface area contributed by atoms with Gasteiger partial charge in [-0.1, -0.05) is 63.6 Å². The molecule has 140 valence electrons. The van der Waals surface area contributed by atoms with Gasteiger partial charge in [-0.05, 0) is 42.8 Å². The number of halogens is 2. The van der Waals surface area contributed by atoms with E-state index in [-0.39, 0.29) is 6.10 Å². The van der Waals surface area contributed by atoms with Crippen molar-refractivity contribution in [3.8, 4) is 5.75 Å². The molecule has 1 atom stereocenters. The van der Waals surface area contributed by atoms with Gasteiger partial charge in [0.15, 0.2) is 17.1 Å². The lowest BCUT2D eigenvalue weighted by Gasteiger charge is -2.16. The summed E-state index contributed by atoms with van der Waals surface area (Å²) in [5.74, 6) is 2.27. The molecule has 0 aliphatic carbocycles. The maximum Gasteiger partial charge on any atom is 0.191 e. The van der Waals surface area contributed by atoms with Gasteiger partial charge >= 0.3 is 0 Å². The Bertz CT molecular complexity index is 914. The first kappa shape index (κ1) is 20.0. The predicted molar refractivity (Wildman–Crippen MR) is 114 cm³/mol. The minimum absolute atomic E-state index is 0.266. The van der Waals surface area contributed by atoms with Crippen molar-refractivity contribution in [1.29, 1.82) is 0 Å². The number of allylic oxidation sites excluding steroid dienone is 1. The van der Waals surface area contributed by atoms with Gasteiger partial charge in [-0.15, -0.1) is 16.8 Å². The fourth-order valence-corrected chi connectivity index (χ4v) is 3.89. The summed E-state index contributed by atoms with van der Waals surface area (Å²) < 4.78 is 9.10. The molecule has 0 spiro atoms. The van der Waals surface area contributed by atoms with Crippen molar-refractivity contribution in [3.63, 3.8) is 0 Å². The standard InChI is InChI=1S/C20H19BrClN3OS/c1-3-11-25-19(14(2)26-18-6-4-5-17(22)12-18)23-24-20(25)27-13-15-7-9-16(21)10-8-15/h3-10,12,14H,1,11,13H2,2H3. The van der Waals surface area contributed by atoms with Crippen LogP contribution >= 0.6 is 39.3 Å². The van der Waals surface area contributed by atoms with Crippen LogP contribution in [0.3, 0.4) is 0 Å². The van der Waals surface area contributed by atoms with Gasteiger partial charge in [0, 0.05) is 21.8 Å². The molecule has 27 heavy (non-hydrogen) atoms. The van der Waals surface area contributed by atoms with Gasteiger partial charge in [0.1, 0.15) is 5.75 Å². The highest BCUT2D eigenvalue weighted by Gasteiger charge is 2.19. The molecule has 7 heteroatoms. The van der Waals surface area contributed by atoms with Gasteiger partial charge in [-0.25, -0.2) is 0 Å². The fourth-order valence-electron chi connectivity index (χ4n) is 2.53.